The van der Waals surface area contributed by atoms with E-state index in [-0.39, 0.29) is 20.2 Å². The first-order chi connectivity index (χ1) is 16.7. The van der Waals surface area contributed by atoms with Crippen LogP contribution in [0.25, 0.3) is 10.9 Å². The molecule has 0 saturated heterocycles. The van der Waals surface area contributed by atoms with Crippen LogP contribution in [0.5, 0.6) is 11.5 Å². The maximum absolute atomic E-state index is 10.1. The second-order valence-corrected chi connectivity index (χ2v) is 9.99. The summed E-state index contributed by atoms with van der Waals surface area (Å²) in [5, 5.41) is 11.4. The fourth-order valence-corrected chi connectivity index (χ4v) is 5.96. The molecule has 4 aromatic rings. The van der Waals surface area contributed by atoms with Gasteiger partial charge in [-0.15, -0.1) is 0 Å². The van der Waals surface area contributed by atoms with Crippen LogP contribution >= 0.6 is 15.9 Å². The topological polar surface area (TPSA) is 46.9 Å². The molecule has 1 aromatic heterocycles. The highest BCUT2D eigenvalue weighted by atomic mass is 79.9. The zero-order chi connectivity index (χ0) is 23.2. The zero-order valence-corrected chi connectivity index (χ0v) is 20.7. The Morgan fingerprint density at radius 3 is 2.66 bits per heavy atom. The van der Waals surface area contributed by atoms with E-state index in [1.165, 1.54) is 27.8 Å². The summed E-state index contributed by atoms with van der Waals surface area (Å²) in [6, 6.07) is 21.2. The molecule has 182 valence electrons. The molecule has 0 bridgehead atoms. The van der Waals surface area contributed by atoms with Crippen LogP contribution in [-0.2, 0) is 32.7 Å². The molecule has 0 fully saturated rings. The molecule has 0 radical (unpaired) electrons. The fraction of sp³-hybridized carbons (Fsp3) is 0.310. The Morgan fingerprint density at radius 1 is 1.06 bits per heavy atom. The summed E-state index contributed by atoms with van der Waals surface area (Å²) < 4.78 is 15.1. The standard InChI is InChI=1S/C28H27BrN2O3.CH4/c1-33-27-14-21-19(11-28(27)34-16-18-5-3-2-4-6-18)9-10-30-15-26-23(13-25(21)30)22-12-20(29)7-8-24(22)31(26)17-32;/h2-8,11-12,14,25,32H,9-10,13,15-17H2,1H3;1H4. The van der Waals surface area contributed by atoms with E-state index in [0.717, 1.165) is 53.0 Å². The first kappa shape index (κ1) is 23.9. The minimum absolute atomic E-state index is 0. The number of methoxy groups -OCH3 is 1. The van der Waals surface area contributed by atoms with Gasteiger partial charge in [-0.3, -0.25) is 4.90 Å². The van der Waals surface area contributed by atoms with Gasteiger partial charge in [0.25, 0.3) is 0 Å². The molecule has 6 rings (SSSR count). The molecule has 1 N–H and O–H groups in total. The maximum Gasteiger partial charge on any atom is 0.161 e. The number of aromatic nitrogens is 1. The first-order valence-corrected chi connectivity index (χ1v) is 12.5. The van der Waals surface area contributed by atoms with Gasteiger partial charge in [0.15, 0.2) is 11.5 Å². The largest absolute Gasteiger partial charge is 0.493 e. The van der Waals surface area contributed by atoms with Gasteiger partial charge in [0.2, 0.25) is 0 Å². The predicted octanol–water partition coefficient (Wildman–Crippen LogP) is 6.23. The van der Waals surface area contributed by atoms with Crippen molar-refractivity contribution in [2.45, 2.75) is 46.2 Å². The van der Waals surface area contributed by atoms with Crippen molar-refractivity contribution in [3.8, 4) is 11.5 Å². The van der Waals surface area contributed by atoms with Gasteiger partial charge in [-0.1, -0.05) is 53.7 Å². The summed E-state index contributed by atoms with van der Waals surface area (Å²) in [6.45, 7) is 2.34. The molecule has 2 aliphatic heterocycles. The van der Waals surface area contributed by atoms with Gasteiger partial charge >= 0.3 is 0 Å². The van der Waals surface area contributed by atoms with Gasteiger partial charge in [-0.05, 0) is 65.4 Å². The molecule has 5 nitrogen and oxygen atoms in total. The monoisotopic (exact) mass is 534 g/mol. The number of aliphatic hydroxyl groups is 1. The van der Waals surface area contributed by atoms with E-state index in [2.05, 4.69) is 61.8 Å². The Morgan fingerprint density at radius 2 is 1.89 bits per heavy atom. The molecular formula is C29H31BrN2O3. The van der Waals surface area contributed by atoms with Crippen molar-refractivity contribution in [1.82, 2.24) is 9.47 Å². The SMILES string of the molecule is C.COc1cc2c(cc1OCc1ccccc1)CCN1Cc3c(c4cc(Br)ccc4n3CO)CC21. The number of fused-ring (bicyclic) bond motifs is 6. The molecule has 2 aliphatic rings. The molecule has 1 unspecified atom stereocenters. The third-order valence-electron chi connectivity index (χ3n) is 7.27. The number of hydrogen-bond donors (Lipinski definition) is 1. The number of hydrogen-bond acceptors (Lipinski definition) is 4. The van der Waals surface area contributed by atoms with Crippen LogP contribution in [0.3, 0.4) is 0 Å². The van der Waals surface area contributed by atoms with Crippen LogP contribution in [0.2, 0.25) is 0 Å². The van der Waals surface area contributed by atoms with Gasteiger partial charge in [0, 0.05) is 34.7 Å². The lowest BCUT2D eigenvalue weighted by Gasteiger charge is -2.41. The number of benzene rings is 3. The van der Waals surface area contributed by atoms with E-state index in [0.29, 0.717) is 6.61 Å². The Hall–Kier alpha value is -2.80. The molecule has 35 heavy (non-hydrogen) atoms. The highest BCUT2D eigenvalue weighted by molar-refractivity contribution is 9.10. The van der Waals surface area contributed by atoms with Crippen molar-refractivity contribution in [1.29, 1.82) is 0 Å². The van der Waals surface area contributed by atoms with Crippen molar-refractivity contribution >= 4 is 26.8 Å². The second kappa shape index (κ2) is 9.69. The van der Waals surface area contributed by atoms with E-state index in [1.54, 1.807) is 7.11 Å². The highest BCUT2D eigenvalue weighted by Gasteiger charge is 2.36. The average Bonchev–Trinajstić information content (AvgIpc) is 3.17. The molecule has 3 heterocycles. The van der Waals surface area contributed by atoms with Gasteiger partial charge in [-0.25, -0.2) is 0 Å². The van der Waals surface area contributed by atoms with Crippen LogP contribution in [0.4, 0.5) is 0 Å². The highest BCUT2D eigenvalue weighted by Crippen LogP contribution is 2.45. The molecule has 3 aromatic carbocycles. The van der Waals surface area contributed by atoms with Crippen LogP contribution in [0, 0.1) is 0 Å². The summed E-state index contributed by atoms with van der Waals surface area (Å²) in [4.78, 5) is 2.54. The number of halogens is 1. The molecule has 0 amide bonds. The van der Waals surface area contributed by atoms with Crippen molar-refractivity contribution in [2.75, 3.05) is 13.7 Å². The molecule has 0 aliphatic carbocycles. The molecule has 1 atom stereocenters. The number of aliphatic hydroxyl groups excluding tert-OH is 1. The van der Waals surface area contributed by atoms with Gasteiger partial charge in [-0.2, -0.15) is 0 Å². The summed E-state index contributed by atoms with van der Waals surface area (Å²) in [7, 11) is 1.71. The molecular weight excluding hydrogens is 504 g/mol. The van der Waals surface area contributed by atoms with E-state index >= 15 is 0 Å². The minimum atomic E-state index is -0.00149. The average molecular weight is 535 g/mol. The predicted molar refractivity (Wildman–Crippen MR) is 143 cm³/mol. The minimum Gasteiger partial charge on any atom is -0.493 e. The van der Waals surface area contributed by atoms with Crippen LogP contribution < -0.4 is 9.47 Å². The summed E-state index contributed by atoms with van der Waals surface area (Å²) in [6.07, 6.45) is 1.88. The lowest BCUT2D eigenvalue weighted by atomic mass is 9.85. The van der Waals surface area contributed by atoms with Gasteiger partial charge in [0.1, 0.15) is 13.3 Å². The van der Waals surface area contributed by atoms with Crippen molar-refractivity contribution < 1.29 is 14.6 Å². The molecule has 0 spiro atoms. The Labute approximate surface area is 215 Å². The zero-order valence-electron chi connectivity index (χ0n) is 19.1. The quantitative estimate of drug-likeness (QED) is 0.329. The Balaban J connectivity index is 0.00000253. The van der Waals surface area contributed by atoms with Gasteiger partial charge in [0.05, 0.1) is 12.6 Å². The Bertz CT molecular complexity index is 1370. The molecule has 0 saturated carbocycles. The maximum atomic E-state index is 10.1. The summed E-state index contributed by atoms with van der Waals surface area (Å²) in [5.41, 5.74) is 7.45. The van der Waals surface area contributed by atoms with E-state index in [4.69, 9.17) is 9.47 Å². The van der Waals surface area contributed by atoms with E-state index in [9.17, 15) is 5.11 Å². The number of nitrogens with zero attached hydrogens (tertiary/aromatic N) is 2. The first-order valence-electron chi connectivity index (χ1n) is 11.7. The van der Waals surface area contributed by atoms with Crippen LogP contribution in [-0.4, -0.2) is 28.2 Å². The van der Waals surface area contributed by atoms with Crippen molar-refractivity contribution in [3.05, 3.63) is 93.1 Å². The smallest absolute Gasteiger partial charge is 0.161 e. The lowest BCUT2D eigenvalue weighted by molar-refractivity contribution is 0.145. The lowest BCUT2D eigenvalue weighted by Crippen LogP contribution is -2.39. The Kier molecular flexibility index (Phi) is 6.62. The van der Waals surface area contributed by atoms with E-state index < -0.39 is 0 Å². The van der Waals surface area contributed by atoms with Crippen LogP contribution in [0.15, 0.2) is 65.1 Å². The number of rotatable bonds is 5. The van der Waals surface area contributed by atoms with Crippen molar-refractivity contribution in [3.63, 3.8) is 0 Å². The van der Waals surface area contributed by atoms with Crippen LogP contribution in [0.1, 0.15) is 41.4 Å². The third kappa shape index (κ3) is 4.14. The molecule has 6 heteroatoms. The van der Waals surface area contributed by atoms with E-state index in [1.807, 2.05) is 24.3 Å². The van der Waals surface area contributed by atoms with Gasteiger partial charge < -0.3 is 19.1 Å². The normalized spacial score (nSPS) is 16.7. The number of ether oxygens (including phenoxy) is 2. The third-order valence-corrected chi connectivity index (χ3v) is 7.76. The fourth-order valence-electron chi connectivity index (χ4n) is 5.60. The van der Waals surface area contributed by atoms with Crippen molar-refractivity contribution in [2.24, 2.45) is 0 Å². The summed E-state index contributed by atoms with van der Waals surface area (Å²) >= 11 is 3.63. The second-order valence-electron chi connectivity index (χ2n) is 9.07. The summed E-state index contributed by atoms with van der Waals surface area (Å²) in [5.74, 6) is 1.58.